The maximum absolute atomic E-state index is 13.2. The molecule has 2 aromatic carbocycles. The molecule has 5 rings (SSSR count). The first-order chi connectivity index (χ1) is 15.0. The molecule has 0 spiro atoms. The second-order valence-electron chi connectivity index (χ2n) is 8.15. The van der Waals surface area contributed by atoms with Crippen LogP contribution in [0.5, 0.6) is 0 Å². The average Bonchev–Trinajstić information content (AvgIpc) is 2.80. The van der Waals surface area contributed by atoms with Gasteiger partial charge in [-0.3, -0.25) is 14.0 Å². The van der Waals surface area contributed by atoms with Crippen LogP contribution >= 0.6 is 0 Å². The first-order valence-corrected chi connectivity index (χ1v) is 10.5. The molecule has 1 aliphatic rings. The third-order valence-corrected chi connectivity index (χ3v) is 6.03. The molecule has 1 saturated heterocycles. The van der Waals surface area contributed by atoms with Gasteiger partial charge in [0.2, 0.25) is 0 Å². The number of benzene rings is 2. The summed E-state index contributed by atoms with van der Waals surface area (Å²) in [6, 6.07) is 17.3. The highest BCUT2D eigenvalue weighted by atomic mass is 16.2. The highest BCUT2D eigenvalue weighted by Crippen LogP contribution is 2.23. The molecule has 0 N–H and O–H groups in total. The Bertz CT molecular complexity index is 1370. The molecule has 0 atom stereocenters. The lowest BCUT2D eigenvalue weighted by Crippen LogP contribution is -2.49. The van der Waals surface area contributed by atoms with Crippen LogP contribution in [0, 0.1) is 13.8 Å². The van der Waals surface area contributed by atoms with E-state index in [0.717, 1.165) is 13.1 Å². The van der Waals surface area contributed by atoms with Gasteiger partial charge < -0.3 is 9.80 Å². The Balaban J connectivity index is 1.39. The minimum absolute atomic E-state index is 0.0532. The van der Waals surface area contributed by atoms with Gasteiger partial charge in [-0.2, -0.15) is 0 Å². The summed E-state index contributed by atoms with van der Waals surface area (Å²) in [5.41, 5.74) is 5.28. The number of hydrogen-bond donors (Lipinski definition) is 0. The molecule has 0 unspecified atom stereocenters. The van der Waals surface area contributed by atoms with Crippen molar-refractivity contribution in [1.29, 1.82) is 0 Å². The second-order valence-corrected chi connectivity index (χ2v) is 8.15. The maximum Gasteiger partial charge on any atom is 0.265 e. The zero-order valence-electron chi connectivity index (χ0n) is 17.7. The molecule has 0 aliphatic carbocycles. The van der Waals surface area contributed by atoms with Crippen molar-refractivity contribution in [3.05, 3.63) is 87.8 Å². The van der Waals surface area contributed by atoms with Crippen molar-refractivity contribution in [3.8, 4) is 0 Å². The minimum Gasteiger partial charge on any atom is -0.368 e. The molecular weight excluding hydrogens is 388 g/mol. The molecule has 31 heavy (non-hydrogen) atoms. The third kappa shape index (κ3) is 3.44. The number of para-hydroxylation sites is 1. The summed E-state index contributed by atoms with van der Waals surface area (Å²) in [5.74, 6) is -0.0532. The molecule has 6 heteroatoms. The van der Waals surface area contributed by atoms with E-state index in [1.807, 2.05) is 23.1 Å². The Hall–Kier alpha value is -3.67. The lowest BCUT2D eigenvalue weighted by atomic mass is 10.1. The van der Waals surface area contributed by atoms with E-state index in [2.05, 4.69) is 41.9 Å². The van der Waals surface area contributed by atoms with E-state index in [9.17, 15) is 9.59 Å². The molecule has 6 nitrogen and oxygen atoms in total. The van der Waals surface area contributed by atoms with Crippen molar-refractivity contribution < 1.29 is 4.79 Å². The summed E-state index contributed by atoms with van der Waals surface area (Å²) in [7, 11) is 0. The first-order valence-electron chi connectivity index (χ1n) is 10.5. The Morgan fingerprint density at radius 3 is 2.52 bits per heavy atom. The number of anilines is 1. The average molecular weight is 412 g/mol. The molecule has 0 bridgehead atoms. The number of hydrogen-bond acceptors (Lipinski definition) is 4. The van der Waals surface area contributed by atoms with Crippen molar-refractivity contribution in [3.63, 3.8) is 0 Å². The summed E-state index contributed by atoms with van der Waals surface area (Å²) in [6.45, 7) is 7.09. The van der Waals surface area contributed by atoms with E-state index in [1.165, 1.54) is 21.2 Å². The molecule has 156 valence electrons. The van der Waals surface area contributed by atoms with Crippen LogP contribution in [0.3, 0.4) is 0 Å². The predicted octanol–water partition coefficient (Wildman–Crippen LogP) is 3.43. The number of nitrogens with zero attached hydrogens (tertiary/aromatic N) is 4. The number of aromatic nitrogens is 2. The highest BCUT2D eigenvalue weighted by Gasteiger charge is 2.23. The number of piperazine rings is 1. The summed E-state index contributed by atoms with van der Waals surface area (Å²) >= 11 is 0. The van der Waals surface area contributed by atoms with E-state index in [0.29, 0.717) is 35.2 Å². The molecule has 1 fully saturated rings. The van der Waals surface area contributed by atoms with Crippen LogP contribution < -0.4 is 10.5 Å². The van der Waals surface area contributed by atoms with Gasteiger partial charge in [-0.05, 0) is 55.3 Å². The summed E-state index contributed by atoms with van der Waals surface area (Å²) in [4.78, 5) is 34.8. The summed E-state index contributed by atoms with van der Waals surface area (Å²) in [5, 5.41) is 0.548. The lowest BCUT2D eigenvalue weighted by Gasteiger charge is -2.37. The van der Waals surface area contributed by atoms with Gasteiger partial charge in [0.1, 0.15) is 5.65 Å². The number of aryl methyl sites for hydroxylation is 2. The van der Waals surface area contributed by atoms with Crippen molar-refractivity contribution in [1.82, 2.24) is 14.3 Å². The molecule has 0 radical (unpaired) electrons. The van der Waals surface area contributed by atoms with Gasteiger partial charge in [-0.1, -0.05) is 24.3 Å². The molecule has 1 amide bonds. The Morgan fingerprint density at radius 1 is 0.935 bits per heavy atom. The molecule has 3 heterocycles. The zero-order valence-corrected chi connectivity index (χ0v) is 17.7. The molecule has 1 aliphatic heterocycles. The van der Waals surface area contributed by atoms with Gasteiger partial charge in [-0.25, -0.2) is 4.98 Å². The van der Waals surface area contributed by atoms with Crippen molar-refractivity contribution >= 4 is 28.1 Å². The van der Waals surface area contributed by atoms with E-state index in [-0.39, 0.29) is 11.5 Å². The topological polar surface area (TPSA) is 57.9 Å². The van der Waals surface area contributed by atoms with Gasteiger partial charge >= 0.3 is 0 Å². The van der Waals surface area contributed by atoms with E-state index in [1.54, 1.807) is 24.4 Å². The summed E-state index contributed by atoms with van der Waals surface area (Å²) in [6.07, 6.45) is 1.62. The van der Waals surface area contributed by atoms with Crippen LogP contribution in [0.25, 0.3) is 16.6 Å². The number of fused-ring (bicyclic) bond motifs is 2. The number of carbonyl (C=O) groups is 1. The zero-order chi connectivity index (χ0) is 21.5. The number of pyridine rings is 1. The third-order valence-electron chi connectivity index (χ3n) is 6.03. The fraction of sp³-hybridized carbons (Fsp3) is 0.240. The predicted molar refractivity (Wildman–Crippen MR) is 123 cm³/mol. The van der Waals surface area contributed by atoms with Crippen LogP contribution in [-0.2, 0) is 0 Å². The Labute approximate surface area is 180 Å². The van der Waals surface area contributed by atoms with E-state index >= 15 is 0 Å². The monoisotopic (exact) mass is 412 g/mol. The van der Waals surface area contributed by atoms with Crippen LogP contribution in [0.4, 0.5) is 5.69 Å². The normalized spacial score (nSPS) is 14.4. The van der Waals surface area contributed by atoms with Crippen molar-refractivity contribution in [2.45, 2.75) is 13.8 Å². The first kappa shape index (κ1) is 19.3. The standard InChI is InChI=1S/C25H24N4O2/c1-17-7-8-18(2)22(15-17)27-11-13-28(14-12-27)24(30)19-9-10-23-26-21-6-4-3-5-20(21)25(31)29(23)16-19/h3-10,15-16H,11-14H2,1-2H3. The molecule has 0 saturated carbocycles. The number of rotatable bonds is 2. The van der Waals surface area contributed by atoms with Crippen LogP contribution in [0.2, 0.25) is 0 Å². The molecule has 4 aromatic rings. The van der Waals surface area contributed by atoms with Gasteiger partial charge in [-0.15, -0.1) is 0 Å². The van der Waals surface area contributed by atoms with E-state index < -0.39 is 0 Å². The number of carbonyl (C=O) groups excluding carboxylic acids is 1. The largest absolute Gasteiger partial charge is 0.368 e. The van der Waals surface area contributed by atoms with Crippen molar-refractivity contribution in [2.75, 3.05) is 31.1 Å². The molecule has 2 aromatic heterocycles. The second kappa shape index (κ2) is 7.54. The highest BCUT2D eigenvalue weighted by molar-refractivity contribution is 5.94. The smallest absolute Gasteiger partial charge is 0.265 e. The Morgan fingerprint density at radius 2 is 1.71 bits per heavy atom. The quantitative estimate of drug-likeness (QED) is 0.474. The van der Waals surface area contributed by atoms with Gasteiger partial charge in [0.05, 0.1) is 16.5 Å². The SMILES string of the molecule is Cc1ccc(C)c(N2CCN(C(=O)c3ccc4nc5ccccc5c(=O)n4c3)CC2)c1. The number of amides is 1. The molecular formula is C25H24N4O2. The van der Waals surface area contributed by atoms with E-state index in [4.69, 9.17) is 0 Å². The minimum atomic E-state index is -0.157. The fourth-order valence-corrected chi connectivity index (χ4v) is 4.27. The summed E-state index contributed by atoms with van der Waals surface area (Å²) < 4.78 is 1.47. The van der Waals surface area contributed by atoms with Gasteiger partial charge in [0, 0.05) is 38.1 Å². The van der Waals surface area contributed by atoms with Crippen LogP contribution in [0.1, 0.15) is 21.5 Å². The maximum atomic E-state index is 13.2. The van der Waals surface area contributed by atoms with Crippen LogP contribution in [-0.4, -0.2) is 46.4 Å². The van der Waals surface area contributed by atoms with Crippen LogP contribution in [0.15, 0.2) is 65.6 Å². The van der Waals surface area contributed by atoms with Gasteiger partial charge in [0.25, 0.3) is 11.5 Å². The fourth-order valence-electron chi connectivity index (χ4n) is 4.27. The Kier molecular flexibility index (Phi) is 4.70. The van der Waals surface area contributed by atoms with Crippen molar-refractivity contribution in [2.24, 2.45) is 0 Å². The lowest BCUT2D eigenvalue weighted by molar-refractivity contribution is 0.0746. The van der Waals surface area contributed by atoms with Gasteiger partial charge in [0.15, 0.2) is 0 Å².